The molecule has 2 nitrogen and oxygen atoms in total. The maximum atomic E-state index is 10.3. The van der Waals surface area contributed by atoms with Crippen molar-refractivity contribution in [1.29, 1.82) is 0 Å². The number of hydrogen-bond donors (Lipinski definition) is 1. The number of rotatable bonds is 1. The third-order valence-corrected chi connectivity index (χ3v) is 2.01. The monoisotopic (exact) mass is 135 g/mol. The molecule has 0 saturated heterocycles. The highest BCUT2D eigenvalue weighted by Gasteiger charge is 2.12. The van der Waals surface area contributed by atoms with Gasteiger partial charge in [0.25, 0.3) is 0 Å². The van der Waals surface area contributed by atoms with Crippen LogP contribution in [0.15, 0.2) is 6.07 Å². The van der Waals surface area contributed by atoms with Gasteiger partial charge in [-0.05, 0) is 30.9 Å². The fourth-order valence-electron chi connectivity index (χ4n) is 1.53. The number of nitrogens with one attached hydrogen (secondary N) is 1. The number of hydrogen-bond acceptors (Lipinski definition) is 1. The van der Waals surface area contributed by atoms with Crippen molar-refractivity contribution in [2.75, 3.05) is 0 Å². The van der Waals surface area contributed by atoms with Crippen molar-refractivity contribution in [3.05, 3.63) is 23.0 Å². The molecule has 10 heavy (non-hydrogen) atoms. The van der Waals surface area contributed by atoms with E-state index in [0.29, 0.717) is 0 Å². The van der Waals surface area contributed by atoms with E-state index in [4.69, 9.17) is 0 Å². The van der Waals surface area contributed by atoms with E-state index in [1.54, 1.807) is 0 Å². The summed E-state index contributed by atoms with van der Waals surface area (Å²) in [6, 6.07) is 1.95. The number of carbonyl (C=O) groups excluding carboxylic acids is 1. The Kier molecular flexibility index (Phi) is 1.13. The Labute approximate surface area is 59.3 Å². The van der Waals surface area contributed by atoms with Gasteiger partial charge >= 0.3 is 0 Å². The van der Waals surface area contributed by atoms with Gasteiger partial charge in [0.1, 0.15) is 0 Å². The van der Waals surface area contributed by atoms with Crippen LogP contribution in [0, 0.1) is 0 Å². The summed E-state index contributed by atoms with van der Waals surface area (Å²) >= 11 is 0. The van der Waals surface area contributed by atoms with Gasteiger partial charge in [0.15, 0.2) is 6.29 Å². The zero-order valence-corrected chi connectivity index (χ0v) is 5.68. The van der Waals surface area contributed by atoms with Crippen molar-refractivity contribution < 1.29 is 4.79 Å². The maximum absolute atomic E-state index is 10.3. The van der Waals surface area contributed by atoms with Gasteiger partial charge < -0.3 is 4.98 Å². The third-order valence-electron chi connectivity index (χ3n) is 2.01. The van der Waals surface area contributed by atoms with Gasteiger partial charge in [0, 0.05) is 5.69 Å². The average Bonchev–Trinajstić information content (AvgIpc) is 2.42. The first-order chi connectivity index (χ1) is 4.90. The Morgan fingerprint density at radius 3 is 3.10 bits per heavy atom. The van der Waals surface area contributed by atoms with Crippen LogP contribution in [0.3, 0.4) is 0 Å². The molecule has 1 N–H and O–H groups in total. The third kappa shape index (κ3) is 0.685. The lowest BCUT2D eigenvalue weighted by Gasteiger charge is -1.83. The predicted molar refractivity (Wildman–Crippen MR) is 38.2 cm³/mol. The van der Waals surface area contributed by atoms with Crippen LogP contribution in [0.5, 0.6) is 0 Å². The SMILES string of the molecule is O=Cc1cc2c([nH]1)CCC2. The largest absolute Gasteiger partial charge is 0.356 e. The zero-order valence-electron chi connectivity index (χ0n) is 5.68. The summed E-state index contributed by atoms with van der Waals surface area (Å²) in [7, 11) is 0. The first-order valence-electron chi connectivity index (χ1n) is 3.56. The van der Waals surface area contributed by atoms with Crippen LogP contribution < -0.4 is 0 Å². The van der Waals surface area contributed by atoms with E-state index in [0.717, 1.165) is 24.8 Å². The van der Waals surface area contributed by atoms with E-state index in [1.165, 1.54) is 17.7 Å². The Balaban J connectivity index is 2.46. The summed E-state index contributed by atoms with van der Waals surface area (Å²) in [5.74, 6) is 0. The van der Waals surface area contributed by atoms with Gasteiger partial charge in [-0.1, -0.05) is 0 Å². The average molecular weight is 135 g/mol. The van der Waals surface area contributed by atoms with E-state index in [2.05, 4.69) is 4.98 Å². The molecule has 0 atom stereocenters. The molecule has 0 unspecified atom stereocenters. The summed E-state index contributed by atoms with van der Waals surface area (Å²) in [4.78, 5) is 13.4. The molecule has 0 bridgehead atoms. The number of aldehydes is 1. The minimum Gasteiger partial charge on any atom is -0.356 e. The van der Waals surface area contributed by atoms with Crippen LogP contribution in [-0.2, 0) is 12.8 Å². The fraction of sp³-hybridized carbons (Fsp3) is 0.375. The molecule has 0 spiro atoms. The van der Waals surface area contributed by atoms with Crippen molar-refractivity contribution in [3.8, 4) is 0 Å². The van der Waals surface area contributed by atoms with Gasteiger partial charge in [-0.15, -0.1) is 0 Å². The fourth-order valence-corrected chi connectivity index (χ4v) is 1.53. The summed E-state index contributed by atoms with van der Waals surface area (Å²) in [6.07, 6.45) is 4.36. The van der Waals surface area contributed by atoms with Gasteiger partial charge in [0.05, 0.1) is 5.69 Å². The summed E-state index contributed by atoms with van der Waals surface area (Å²) in [5.41, 5.74) is 3.33. The van der Waals surface area contributed by atoms with E-state index in [9.17, 15) is 4.79 Å². The molecular weight excluding hydrogens is 126 g/mol. The zero-order chi connectivity index (χ0) is 6.97. The molecule has 2 rings (SSSR count). The van der Waals surface area contributed by atoms with Crippen LogP contribution in [-0.4, -0.2) is 11.3 Å². The molecule has 1 heterocycles. The predicted octanol–water partition coefficient (Wildman–Crippen LogP) is 1.32. The van der Waals surface area contributed by atoms with E-state index in [-0.39, 0.29) is 0 Å². The highest BCUT2D eigenvalue weighted by molar-refractivity contribution is 5.73. The highest BCUT2D eigenvalue weighted by atomic mass is 16.1. The first-order valence-corrected chi connectivity index (χ1v) is 3.56. The molecule has 2 heteroatoms. The number of aromatic amines is 1. The van der Waals surface area contributed by atoms with E-state index < -0.39 is 0 Å². The van der Waals surface area contributed by atoms with Crippen molar-refractivity contribution >= 4 is 6.29 Å². The first kappa shape index (κ1) is 5.71. The summed E-state index contributed by atoms with van der Waals surface area (Å²) in [6.45, 7) is 0. The molecule has 0 fully saturated rings. The van der Waals surface area contributed by atoms with Crippen molar-refractivity contribution in [3.63, 3.8) is 0 Å². The molecular formula is C8H9NO. The molecule has 0 amide bonds. The molecule has 1 aliphatic carbocycles. The highest BCUT2D eigenvalue weighted by Crippen LogP contribution is 2.21. The molecule has 1 aliphatic rings. The summed E-state index contributed by atoms with van der Waals surface area (Å²) in [5, 5.41) is 0. The second-order valence-electron chi connectivity index (χ2n) is 2.70. The maximum Gasteiger partial charge on any atom is 0.166 e. The quantitative estimate of drug-likeness (QED) is 0.579. The van der Waals surface area contributed by atoms with Gasteiger partial charge in [-0.2, -0.15) is 0 Å². The number of fused-ring (bicyclic) bond motifs is 1. The van der Waals surface area contributed by atoms with E-state index in [1.807, 2.05) is 6.07 Å². The van der Waals surface area contributed by atoms with E-state index >= 15 is 0 Å². The van der Waals surface area contributed by atoms with Gasteiger partial charge in [0.2, 0.25) is 0 Å². The number of aryl methyl sites for hydroxylation is 2. The topological polar surface area (TPSA) is 32.9 Å². The Morgan fingerprint density at radius 1 is 1.50 bits per heavy atom. The molecule has 0 radical (unpaired) electrons. The number of carbonyl (C=O) groups is 1. The van der Waals surface area contributed by atoms with Crippen molar-refractivity contribution in [2.45, 2.75) is 19.3 Å². The Hall–Kier alpha value is -1.05. The normalized spacial score (nSPS) is 15.2. The van der Waals surface area contributed by atoms with Crippen LogP contribution >= 0.6 is 0 Å². The number of H-pyrrole nitrogens is 1. The van der Waals surface area contributed by atoms with Crippen LogP contribution in [0.2, 0.25) is 0 Å². The Bertz CT molecular complexity index is 241. The van der Waals surface area contributed by atoms with Gasteiger partial charge in [-0.25, -0.2) is 0 Å². The standard InChI is InChI=1S/C8H9NO/c10-5-7-4-6-2-1-3-8(6)9-7/h4-5,9H,1-3H2. The van der Waals surface area contributed by atoms with Crippen LogP contribution in [0.1, 0.15) is 28.2 Å². The molecule has 52 valence electrons. The lowest BCUT2D eigenvalue weighted by molar-refractivity contribution is 0.111. The Morgan fingerprint density at radius 2 is 2.40 bits per heavy atom. The lowest BCUT2D eigenvalue weighted by Crippen LogP contribution is -1.81. The molecule has 1 aromatic heterocycles. The minimum absolute atomic E-state index is 0.727. The van der Waals surface area contributed by atoms with Crippen LogP contribution in [0.4, 0.5) is 0 Å². The lowest BCUT2D eigenvalue weighted by atomic mass is 10.2. The minimum atomic E-state index is 0.727. The number of aromatic nitrogens is 1. The van der Waals surface area contributed by atoms with Crippen molar-refractivity contribution in [2.24, 2.45) is 0 Å². The van der Waals surface area contributed by atoms with Crippen LogP contribution in [0.25, 0.3) is 0 Å². The summed E-state index contributed by atoms with van der Waals surface area (Å²) < 4.78 is 0. The molecule has 0 aromatic carbocycles. The smallest absolute Gasteiger partial charge is 0.166 e. The molecule has 0 saturated carbocycles. The molecule has 1 aromatic rings. The molecule has 0 aliphatic heterocycles. The van der Waals surface area contributed by atoms with Gasteiger partial charge in [-0.3, -0.25) is 4.79 Å². The van der Waals surface area contributed by atoms with Crippen molar-refractivity contribution in [1.82, 2.24) is 4.98 Å². The second kappa shape index (κ2) is 1.97. The second-order valence-corrected chi connectivity index (χ2v) is 2.70.